The lowest BCUT2D eigenvalue weighted by Crippen LogP contribution is -2.34. The fraction of sp³-hybridized carbons (Fsp3) is 0.571. The molecule has 0 radical (unpaired) electrons. The number of hydrogen-bond acceptors (Lipinski definition) is 2. The molecule has 1 aromatic rings. The highest BCUT2D eigenvalue weighted by atomic mass is 35.5. The van der Waals surface area contributed by atoms with Gasteiger partial charge in [0.25, 0.3) is 0 Å². The highest BCUT2D eigenvalue weighted by Gasteiger charge is 2.26. The van der Waals surface area contributed by atoms with Gasteiger partial charge in [0.1, 0.15) is 5.75 Å². The van der Waals surface area contributed by atoms with Crippen molar-refractivity contribution in [2.45, 2.75) is 31.7 Å². The van der Waals surface area contributed by atoms with Crippen LogP contribution in [0.1, 0.15) is 30.4 Å². The summed E-state index contributed by atoms with van der Waals surface area (Å²) in [6.45, 7) is 2.28. The molecular weight excluding hydrogens is 234 g/mol. The Balaban J connectivity index is 2.38. The number of benzene rings is 1. The van der Waals surface area contributed by atoms with E-state index in [9.17, 15) is 0 Å². The molecule has 0 saturated carbocycles. The topological polar surface area (TPSA) is 12.5 Å². The van der Waals surface area contributed by atoms with Gasteiger partial charge in [0, 0.05) is 6.04 Å². The molecule has 0 heterocycles. The van der Waals surface area contributed by atoms with Crippen LogP contribution in [0.3, 0.4) is 0 Å². The molecule has 3 heteroatoms. The van der Waals surface area contributed by atoms with E-state index in [2.05, 4.69) is 38.1 Å². The van der Waals surface area contributed by atoms with E-state index in [0.717, 1.165) is 17.2 Å². The number of methoxy groups -OCH3 is 1. The fourth-order valence-electron chi connectivity index (χ4n) is 2.67. The first-order valence-electron chi connectivity index (χ1n) is 6.05. The highest BCUT2D eigenvalue weighted by Crippen LogP contribution is 2.38. The molecule has 0 N–H and O–H groups in total. The van der Waals surface area contributed by atoms with Crippen molar-refractivity contribution >= 4 is 11.6 Å². The van der Waals surface area contributed by atoms with E-state index in [1.165, 1.54) is 17.5 Å². The van der Waals surface area contributed by atoms with Gasteiger partial charge >= 0.3 is 0 Å². The van der Waals surface area contributed by atoms with Crippen molar-refractivity contribution < 1.29 is 4.74 Å². The average Bonchev–Trinajstić information content (AvgIpc) is 2.27. The SMILES string of the molecule is COc1cc2c(cc1Cl)C[C@@H](N(C)C)C[C@@H]2C. The lowest BCUT2D eigenvalue weighted by molar-refractivity contribution is 0.254. The van der Waals surface area contributed by atoms with Gasteiger partial charge in [-0.25, -0.2) is 0 Å². The first-order valence-corrected chi connectivity index (χ1v) is 6.43. The average molecular weight is 254 g/mol. The summed E-state index contributed by atoms with van der Waals surface area (Å²) < 4.78 is 5.29. The Bertz CT molecular complexity index is 417. The zero-order chi connectivity index (χ0) is 12.6. The lowest BCUT2D eigenvalue weighted by atomic mass is 9.80. The third-order valence-corrected chi connectivity index (χ3v) is 4.05. The second-order valence-corrected chi connectivity index (χ2v) is 5.55. The van der Waals surface area contributed by atoms with Crippen LogP contribution in [0.15, 0.2) is 12.1 Å². The number of fused-ring (bicyclic) bond motifs is 1. The smallest absolute Gasteiger partial charge is 0.137 e. The maximum absolute atomic E-state index is 6.20. The van der Waals surface area contributed by atoms with E-state index in [1.807, 2.05) is 0 Å². The number of nitrogens with zero attached hydrogens (tertiary/aromatic N) is 1. The molecule has 2 rings (SSSR count). The largest absolute Gasteiger partial charge is 0.495 e. The van der Waals surface area contributed by atoms with Crippen molar-refractivity contribution in [3.05, 3.63) is 28.3 Å². The molecular formula is C14H20ClNO. The highest BCUT2D eigenvalue weighted by molar-refractivity contribution is 6.32. The van der Waals surface area contributed by atoms with Crippen LogP contribution in [0.2, 0.25) is 5.02 Å². The van der Waals surface area contributed by atoms with Crippen LogP contribution in [0.25, 0.3) is 0 Å². The zero-order valence-corrected chi connectivity index (χ0v) is 11.7. The summed E-state index contributed by atoms with van der Waals surface area (Å²) in [5, 5.41) is 0.720. The van der Waals surface area contributed by atoms with E-state index in [1.54, 1.807) is 7.11 Å². The van der Waals surface area contributed by atoms with Crippen molar-refractivity contribution in [1.82, 2.24) is 4.90 Å². The molecule has 1 aromatic carbocycles. The number of rotatable bonds is 2. The molecule has 2 nitrogen and oxygen atoms in total. The summed E-state index contributed by atoms with van der Waals surface area (Å²) >= 11 is 6.20. The predicted octanol–water partition coefficient (Wildman–Crippen LogP) is 3.33. The first-order chi connectivity index (χ1) is 8.02. The Morgan fingerprint density at radius 2 is 2.06 bits per heavy atom. The summed E-state index contributed by atoms with van der Waals surface area (Å²) in [7, 11) is 5.96. The maximum atomic E-state index is 6.20. The molecule has 0 aromatic heterocycles. The van der Waals surface area contributed by atoms with Gasteiger partial charge in [0.15, 0.2) is 0 Å². The maximum Gasteiger partial charge on any atom is 0.137 e. The Morgan fingerprint density at radius 1 is 1.35 bits per heavy atom. The monoisotopic (exact) mass is 253 g/mol. The molecule has 1 aliphatic carbocycles. The Hall–Kier alpha value is -0.730. The van der Waals surface area contributed by atoms with Crippen LogP contribution in [-0.4, -0.2) is 32.1 Å². The summed E-state index contributed by atoms with van der Waals surface area (Å²) in [5.41, 5.74) is 2.76. The lowest BCUT2D eigenvalue weighted by Gasteiger charge is -2.34. The van der Waals surface area contributed by atoms with E-state index in [0.29, 0.717) is 12.0 Å². The van der Waals surface area contributed by atoms with Crippen LogP contribution < -0.4 is 4.74 Å². The molecule has 0 amide bonds. The van der Waals surface area contributed by atoms with E-state index >= 15 is 0 Å². The number of halogens is 1. The van der Waals surface area contributed by atoms with Gasteiger partial charge in [-0.2, -0.15) is 0 Å². The van der Waals surface area contributed by atoms with E-state index in [-0.39, 0.29) is 0 Å². The minimum atomic E-state index is 0.567. The van der Waals surface area contributed by atoms with Crippen molar-refractivity contribution in [3.63, 3.8) is 0 Å². The van der Waals surface area contributed by atoms with Gasteiger partial charge in [-0.15, -0.1) is 0 Å². The van der Waals surface area contributed by atoms with Crippen molar-refractivity contribution in [1.29, 1.82) is 0 Å². The molecule has 0 spiro atoms. The molecule has 0 bridgehead atoms. The van der Waals surface area contributed by atoms with Gasteiger partial charge in [-0.1, -0.05) is 18.5 Å². The van der Waals surface area contributed by atoms with Crippen molar-refractivity contribution in [2.24, 2.45) is 0 Å². The van der Waals surface area contributed by atoms with Crippen LogP contribution in [0.4, 0.5) is 0 Å². The standard InChI is InChI=1S/C14H20ClNO/c1-9-5-11(16(2)3)6-10-7-13(15)14(17-4)8-12(9)10/h7-9,11H,5-6H2,1-4H3/t9-,11-/m0/s1. The quantitative estimate of drug-likeness (QED) is 0.802. The van der Waals surface area contributed by atoms with Crippen molar-refractivity contribution in [3.8, 4) is 5.75 Å². The molecule has 17 heavy (non-hydrogen) atoms. The van der Waals surface area contributed by atoms with Gasteiger partial charge in [-0.3, -0.25) is 0 Å². The van der Waals surface area contributed by atoms with Crippen LogP contribution >= 0.6 is 11.6 Å². The Morgan fingerprint density at radius 3 is 2.65 bits per heavy atom. The predicted molar refractivity (Wildman–Crippen MR) is 72.2 cm³/mol. The van der Waals surface area contributed by atoms with E-state index in [4.69, 9.17) is 16.3 Å². The normalized spacial score (nSPS) is 23.6. The van der Waals surface area contributed by atoms with E-state index < -0.39 is 0 Å². The molecule has 0 unspecified atom stereocenters. The summed E-state index contributed by atoms with van der Waals surface area (Å²) in [6, 6.07) is 4.79. The zero-order valence-electron chi connectivity index (χ0n) is 11.0. The summed E-state index contributed by atoms with van der Waals surface area (Å²) in [4.78, 5) is 2.30. The Kier molecular flexibility index (Phi) is 3.64. The third kappa shape index (κ3) is 2.43. The minimum absolute atomic E-state index is 0.567. The second-order valence-electron chi connectivity index (χ2n) is 5.14. The molecule has 0 aliphatic heterocycles. The Labute approximate surface area is 109 Å². The number of ether oxygens (including phenoxy) is 1. The first kappa shape index (κ1) is 12.7. The third-order valence-electron chi connectivity index (χ3n) is 3.76. The minimum Gasteiger partial charge on any atom is -0.495 e. The molecule has 1 aliphatic rings. The summed E-state index contributed by atoms with van der Waals surface area (Å²) in [5.74, 6) is 1.36. The van der Waals surface area contributed by atoms with Crippen molar-refractivity contribution in [2.75, 3.05) is 21.2 Å². The number of hydrogen-bond donors (Lipinski definition) is 0. The fourth-order valence-corrected chi connectivity index (χ4v) is 2.93. The molecule has 0 saturated heterocycles. The molecule has 94 valence electrons. The van der Waals surface area contributed by atoms with Crippen LogP contribution in [0, 0.1) is 0 Å². The van der Waals surface area contributed by atoms with Crippen LogP contribution in [-0.2, 0) is 6.42 Å². The molecule has 0 fully saturated rings. The van der Waals surface area contributed by atoms with Crippen LogP contribution in [0.5, 0.6) is 5.75 Å². The summed E-state index contributed by atoms with van der Waals surface area (Å²) in [6.07, 6.45) is 2.28. The molecule has 2 atom stereocenters. The van der Waals surface area contributed by atoms with Gasteiger partial charge < -0.3 is 9.64 Å². The second kappa shape index (κ2) is 4.87. The van der Waals surface area contributed by atoms with Gasteiger partial charge in [0.05, 0.1) is 12.1 Å². The van der Waals surface area contributed by atoms with Gasteiger partial charge in [0.2, 0.25) is 0 Å². The number of likely N-dealkylation sites (N-methyl/N-ethyl adjacent to an activating group) is 1. The van der Waals surface area contributed by atoms with Gasteiger partial charge in [-0.05, 0) is 56.1 Å².